The summed E-state index contributed by atoms with van der Waals surface area (Å²) in [6.45, 7) is 2.23. The standard InChI is InChI=1S/C11H23NO5S/c1-18(14,15)6-4-12-7-10(13)8-16-9-11-3-2-5-17-11/h10-13H,2-9H2,1H3. The van der Waals surface area contributed by atoms with Gasteiger partial charge in [-0.2, -0.15) is 0 Å². The Bertz CT molecular complexity index is 313. The Morgan fingerprint density at radius 2 is 2.33 bits per heavy atom. The highest BCUT2D eigenvalue weighted by Gasteiger charge is 2.16. The van der Waals surface area contributed by atoms with E-state index in [1.165, 1.54) is 6.26 Å². The maximum absolute atomic E-state index is 10.9. The zero-order chi connectivity index (χ0) is 13.4. The fourth-order valence-corrected chi connectivity index (χ4v) is 2.21. The molecule has 0 bridgehead atoms. The zero-order valence-electron chi connectivity index (χ0n) is 10.8. The van der Waals surface area contributed by atoms with E-state index in [1.807, 2.05) is 0 Å². The molecule has 0 radical (unpaired) electrons. The van der Waals surface area contributed by atoms with Gasteiger partial charge in [0, 0.05) is 26.0 Å². The third-order valence-electron chi connectivity index (χ3n) is 2.67. The lowest BCUT2D eigenvalue weighted by Crippen LogP contribution is -2.33. The van der Waals surface area contributed by atoms with E-state index in [1.54, 1.807) is 0 Å². The minimum atomic E-state index is -2.94. The van der Waals surface area contributed by atoms with Gasteiger partial charge in [0.15, 0.2) is 0 Å². The third-order valence-corrected chi connectivity index (χ3v) is 3.61. The predicted molar refractivity (Wildman–Crippen MR) is 68.4 cm³/mol. The van der Waals surface area contributed by atoms with Crippen LogP contribution < -0.4 is 5.32 Å². The van der Waals surface area contributed by atoms with Crippen LogP contribution in [0.25, 0.3) is 0 Å². The maximum Gasteiger partial charge on any atom is 0.148 e. The first-order valence-electron chi connectivity index (χ1n) is 6.23. The third kappa shape index (κ3) is 7.99. The first kappa shape index (κ1) is 15.8. The average Bonchev–Trinajstić information content (AvgIpc) is 2.76. The molecule has 0 aromatic heterocycles. The van der Waals surface area contributed by atoms with Crippen LogP contribution in [0.5, 0.6) is 0 Å². The second-order valence-electron chi connectivity index (χ2n) is 4.66. The van der Waals surface area contributed by atoms with Gasteiger partial charge < -0.3 is 19.9 Å². The summed E-state index contributed by atoms with van der Waals surface area (Å²) in [5, 5.41) is 12.5. The molecule has 7 heteroatoms. The number of rotatable bonds is 9. The van der Waals surface area contributed by atoms with Gasteiger partial charge in [-0.25, -0.2) is 8.42 Å². The molecule has 108 valence electrons. The number of aliphatic hydroxyl groups excluding tert-OH is 1. The van der Waals surface area contributed by atoms with Gasteiger partial charge in [-0.3, -0.25) is 0 Å². The number of nitrogens with one attached hydrogen (secondary N) is 1. The summed E-state index contributed by atoms with van der Waals surface area (Å²) in [6.07, 6.45) is 2.82. The molecule has 6 nitrogen and oxygen atoms in total. The van der Waals surface area contributed by atoms with E-state index in [-0.39, 0.29) is 18.5 Å². The van der Waals surface area contributed by atoms with Gasteiger partial charge in [-0.15, -0.1) is 0 Å². The van der Waals surface area contributed by atoms with E-state index in [0.717, 1.165) is 19.4 Å². The Hall–Kier alpha value is -0.210. The number of ether oxygens (including phenoxy) is 2. The van der Waals surface area contributed by atoms with Gasteiger partial charge in [0.2, 0.25) is 0 Å². The Morgan fingerprint density at radius 1 is 1.56 bits per heavy atom. The Kier molecular flexibility index (Phi) is 7.10. The molecular formula is C11H23NO5S. The molecule has 0 aliphatic carbocycles. The fraction of sp³-hybridized carbons (Fsp3) is 1.00. The highest BCUT2D eigenvalue weighted by Crippen LogP contribution is 2.11. The average molecular weight is 281 g/mol. The lowest BCUT2D eigenvalue weighted by molar-refractivity contribution is -0.0162. The molecule has 18 heavy (non-hydrogen) atoms. The monoisotopic (exact) mass is 281 g/mol. The molecule has 0 spiro atoms. The van der Waals surface area contributed by atoms with Gasteiger partial charge in [0.25, 0.3) is 0 Å². The lowest BCUT2D eigenvalue weighted by Gasteiger charge is -2.14. The van der Waals surface area contributed by atoms with Crippen LogP contribution in [0.15, 0.2) is 0 Å². The molecule has 1 heterocycles. The zero-order valence-corrected chi connectivity index (χ0v) is 11.6. The molecule has 1 aliphatic rings. The smallest absolute Gasteiger partial charge is 0.148 e. The molecule has 1 saturated heterocycles. The van der Waals surface area contributed by atoms with Crippen LogP contribution in [0.1, 0.15) is 12.8 Å². The van der Waals surface area contributed by atoms with Gasteiger partial charge in [0.05, 0.1) is 31.2 Å². The summed E-state index contributed by atoms with van der Waals surface area (Å²) in [7, 11) is -2.94. The highest BCUT2D eigenvalue weighted by atomic mass is 32.2. The lowest BCUT2D eigenvalue weighted by atomic mass is 10.2. The molecule has 1 rings (SSSR count). The largest absolute Gasteiger partial charge is 0.389 e. The number of aliphatic hydroxyl groups is 1. The molecule has 0 amide bonds. The summed E-state index contributed by atoms with van der Waals surface area (Å²) < 4.78 is 32.4. The van der Waals surface area contributed by atoms with Crippen molar-refractivity contribution >= 4 is 9.84 Å². The summed E-state index contributed by atoms with van der Waals surface area (Å²) in [6, 6.07) is 0. The normalized spacial score (nSPS) is 22.2. The Labute approximate surface area is 109 Å². The highest BCUT2D eigenvalue weighted by molar-refractivity contribution is 7.90. The topological polar surface area (TPSA) is 84.9 Å². The predicted octanol–water partition coefficient (Wildman–Crippen LogP) is -0.823. The summed E-state index contributed by atoms with van der Waals surface area (Å²) in [5.41, 5.74) is 0. The van der Waals surface area contributed by atoms with Crippen molar-refractivity contribution in [2.24, 2.45) is 0 Å². The van der Waals surface area contributed by atoms with E-state index in [4.69, 9.17) is 9.47 Å². The molecule has 0 aromatic rings. The van der Waals surface area contributed by atoms with Crippen molar-refractivity contribution in [3.8, 4) is 0 Å². The van der Waals surface area contributed by atoms with Gasteiger partial charge in [-0.1, -0.05) is 0 Å². The van der Waals surface area contributed by atoms with Crippen LogP contribution >= 0.6 is 0 Å². The number of hydrogen-bond donors (Lipinski definition) is 2. The molecule has 0 aromatic carbocycles. The van der Waals surface area contributed by atoms with Crippen molar-refractivity contribution < 1.29 is 23.0 Å². The van der Waals surface area contributed by atoms with Crippen LogP contribution in [0.4, 0.5) is 0 Å². The van der Waals surface area contributed by atoms with Crippen LogP contribution in [0, 0.1) is 0 Å². The van der Waals surface area contributed by atoms with E-state index in [2.05, 4.69) is 5.32 Å². The Balaban J connectivity index is 1.94. The maximum atomic E-state index is 10.9. The summed E-state index contributed by atoms with van der Waals surface area (Å²) in [5.74, 6) is 0.0799. The number of sulfone groups is 1. The van der Waals surface area contributed by atoms with Crippen LogP contribution in [0.2, 0.25) is 0 Å². The first-order chi connectivity index (χ1) is 8.47. The molecule has 2 N–H and O–H groups in total. The van der Waals surface area contributed by atoms with Crippen molar-refractivity contribution in [3.63, 3.8) is 0 Å². The van der Waals surface area contributed by atoms with Gasteiger partial charge in [0.1, 0.15) is 9.84 Å². The molecule has 2 atom stereocenters. The van der Waals surface area contributed by atoms with Crippen LogP contribution in [0.3, 0.4) is 0 Å². The second-order valence-corrected chi connectivity index (χ2v) is 6.92. The van der Waals surface area contributed by atoms with Crippen LogP contribution in [-0.4, -0.2) is 70.7 Å². The van der Waals surface area contributed by atoms with Crippen molar-refractivity contribution in [2.45, 2.75) is 25.0 Å². The molecule has 1 fully saturated rings. The number of hydrogen-bond acceptors (Lipinski definition) is 6. The van der Waals surface area contributed by atoms with Crippen molar-refractivity contribution in [2.75, 3.05) is 44.9 Å². The van der Waals surface area contributed by atoms with E-state index in [0.29, 0.717) is 19.7 Å². The molecular weight excluding hydrogens is 258 g/mol. The minimum Gasteiger partial charge on any atom is -0.389 e. The van der Waals surface area contributed by atoms with Gasteiger partial charge in [-0.05, 0) is 12.8 Å². The molecule has 1 aliphatic heterocycles. The van der Waals surface area contributed by atoms with Crippen molar-refractivity contribution in [3.05, 3.63) is 0 Å². The fourth-order valence-electron chi connectivity index (χ4n) is 1.70. The summed E-state index contributed by atoms with van der Waals surface area (Å²) in [4.78, 5) is 0. The minimum absolute atomic E-state index is 0.0799. The summed E-state index contributed by atoms with van der Waals surface area (Å²) >= 11 is 0. The molecule has 2 unspecified atom stereocenters. The SMILES string of the molecule is CS(=O)(=O)CCNCC(O)COCC1CCCO1. The molecule has 0 saturated carbocycles. The first-order valence-corrected chi connectivity index (χ1v) is 8.29. The van der Waals surface area contributed by atoms with Crippen molar-refractivity contribution in [1.82, 2.24) is 5.32 Å². The van der Waals surface area contributed by atoms with E-state index in [9.17, 15) is 13.5 Å². The van der Waals surface area contributed by atoms with E-state index < -0.39 is 15.9 Å². The quantitative estimate of drug-likeness (QED) is 0.537. The van der Waals surface area contributed by atoms with Gasteiger partial charge >= 0.3 is 0 Å². The second kappa shape index (κ2) is 8.06. The Morgan fingerprint density at radius 3 is 2.94 bits per heavy atom. The van der Waals surface area contributed by atoms with Crippen LogP contribution in [-0.2, 0) is 19.3 Å². The van der Waals surface area contributed by atoms with Crippen molar-refractivity contribution in [1.29, 1.82) is 0 Å². The van der Waals surface area contributed by atoms with E-state index >= 15 is 0 Å².